The Balaban J connectivity index is 2.12. The van der Waals surface area contributed by atoms with E-state index in [-0.39, 0.29) is 11.8 Å². The summed E-state index contributed by atoms with van der Waals surface area (Å²) >= 11 is 0. The lowest BCUT2D eigenvalue weighted by molar-refractivity contribution is -0.124. The summed E-state index contributed by atoms with van der Waals surface area (Å²) in [4.78, 5) is 11.4. The number of rotatable bonds is 3. The molecule has 0 heterocycles. The van der Waals surface area contributed by atoms with Gasteiger partial charge in [0, 0.05) is 18.9 Å². The number of hydrogen-bond acceptors (Lipinski definition) is 1. The summed E-state index contributed by atoms with van der Waals surface area (Å²) in [5.74, 6) is 6.26. The van der Waals surface area contributed by atoms with Crippen molar-refractivity contribution in [2.75, 3.05) is 6.54 Å². The lowest BCUT2D eigenvalue weighted by Gasteiger charge is -2.08. The van der Waals surface area contributed by atoms with E-state index < -0.39 is 0 Å². The van der Waals surface area contributed by atoms with Crippen molar-refractivity contribution in [1.29, 1.82) is 0 Å². The molecule has 1 saturated carbocycles. The smallest absolute Gasteiger partial charge is 0.223 e. The fraction of sp³-hybridized carbons (Fsp3) is 0.727. The van der Waals surface area contributed by atoms with Gasteiger partial charge in [0.1, 0.15) is 0 Å². The second-order valence-corrected chi connectivity index (χ2v) is 3.45. The van der Waals surface area contributed by atoms with Crippen LogP contribution in [0.5, 0.6) is 0 Å². The fourth-order valence-corrected chi connectivity index (χ4v) is 1.71. The van der Waals surface area contributed by atoms with Gasteiger partial charge < -0.3 is 5.32 Å². The predicted molar refractivity (Wildman–Crippen MR) is 53.0 cm³/mol. The Kier molecular flexibility index (Phi) is 4.39. The zero-order valence-corrected chi connectivity index (χ0v) is 8.23. The highest BCUT2D eigenvalue weighted by Crippen LogP contribution is 2.24. The van der Waals surface area contributed by atoms with Crippen LogP contribution in [0.2, 0.25) is 0 Å². The Bertz CT molecular complexity index is 218. The van der Waals surface area contributed by atoms with Gasteiger partial charge in [-0.15, -0.1) is 11.8 Å². The first-order chi connectivity index (χ1) is 6.34. The molecule has 2 nitrogen and oxygen atoms in total. The van der Waals surface area contributed by atoms with E-state index in [1.165, 1.54) is 12.8 Å². The van der Waals surface area contributed by atoms with Crippen LogP contribution in [0.1, 0.15) is 39.0 Å². The van der Waals surface area contributed by atoms with Crippen LogP contribution >= 0.6 is 0 Å². The molecule has 1 aliphatic carbocycles. The van der Waals surface area contributed by atoms with Gasteiger partial charge in [0.2, 0.25) is 5.91 Å². The maximum Gasteiger partial charge on any atom is 0.223 e. The molecule has 0 aromatic heterocycles. The third kappa shape index (κ3) is 3.50. The van der Waals surface area contributed by atoms with Gasteiger partial charge in [0.05, 0.1) is 0 Å². The minimum Gasteiger partial charge on any atom is -0.355 e. The first-order valence-corrected chi connectivity index (χ1v) is 5.02. The van der Waals surface area contributed by atoms with E-state index in [4.69, 9.17) is 0 Å². The third-order valence-electron chi connectivity index (χ3n) is 2.45. The van der Waals surface area contributed by atoms with Crippen molar-refractivity contribution in [3.05, 3.63) is 0 Å². The average Bonchev–Trinajstić information content (AvgIpc) is 2.65. The van der Waals surface area contributed by atoms with Gasteiger partial charge in [-0.1, -0.05) is 12.8 Å². The molecule has 0 aliphatic heterocycles. The summed E-state index contributed by atoms with van der Waals surface area (Å²) < 4.78 is 0. The Labute approximate surface area is 80.1 Å². The Morgan fingerprint density at radius 2 is 2.15 bits per heavy atom. The molecule has 1 fully saturated rings. The van der Waals surface area contributed by atoms with Crippen LogP contribution in [0, 0.1) is 17.8 Å². The van der Waals surface area contributed by atoms with Crippen LogP contribution in [0.15, 0.2) is 0 Å². The molecule has 1 rings (SSSR count). The molecule has 0 radical (unpaired) electrons. The maximum absolute atomic E-state index is 11.4. The molecule has 72 valence electrons. The van der Waals surface area contributed by atoms with E-state index >= 15 is 0 Å². The highest BCUT2D eigenvalue weighted by Gasteiger charge is 2.21. The number of carbonyl (C=O) groups excluding carboxylic acids is 1. The van der Waals surface area contributed by atoms with Crippen molar-refractivity contribution >= 4 is 5.91 Å². The molecule has 2 heteroatoms. The van der Waals surface area contributed by atoms with E-state index in [2.05, 4.69) is 17.2 Å². The largest absolute Gasteiger partial charge is 0.355 e. The fourth-order valence-electron chi connectivity index (χ4n) is 1.71. The van der Waals surface area contributed by atoms with Crippen LogP contribution in [0.4, 0.5) is 0 Å². The number of amides is 1. The highest BCUT2D eigenvalue weighted by atomic mass is 16.1. The second-order valence-electron chi connectivity index (χ2n) is 3.45. The van der Waals surface area contributed by atoms with Crippen molar-refractivity contribution in [3.8, 4) is 11.8 Å². The third-order valence-corrected chi connectivity index (χ3v) is 2.45. The molecule has 0 unspecified atom stereocenters. The number of hydrogen-bond donors (Lipinski definition) is 1. The van der Waals surface area contributed by atoms with Gasteiger partial charge >= 0.3 is 0 Å². The molecule has 0 atom stereocenters. The molecule has 13 heavy (non-hydrogen) atoms. The van der Waals surface area contributed by atoms with E-state index in [0.29, 0.717) is 6.54 Å². The molecule has 1 N–H and O–H groups in total. The predicted octanol–water partition coefficient (Wildman–Crippen LogP) is 1.71. The first-order valence-electron chi connectivity index (χ1n) is 5.02. The van der Waals surface area contributed by atoms with Gasteiger partial charge in [-0.2, -0.15) is 0 Å². The van der Waals surface area contributed by atoms with Crippen molar-refractivity contribution < 1.29 is 4.79 Å². The molecular formula is C11H17NO. The minimum atomic E-state index is 0.232. The molecule has 0 aromatic rings. The average molecular weight is 179 g/mol. The Morgan fingerprint density at radius 1 is 1.46 bits per heavy atom. The van der Waals surface area contributed by atoms with Crippen LogP contribution in [-0.2, 0) is 4.79 Å². The van der Waals surface area contributed by atoms with Gasteiger partial charge in [0.15, 0.2) is 0 Å². The summed E-state index contributed by atoms with van der Waals surface area (Å²) in [6, 6.07) is 0. The minimum absolute atomic E-state index is 0.232. The van der Waals surface area contributed by atoms with Crippen molar-refractivity contribution in [1.82, 2.24) is 5.32 Å². The van der Waals surface area contributed by atoms with Gasteiger partial charge in [-0.3, -0.25) is 4.79 Å². The SMILES string of the molecule is CC#CCCNC(=O)C1CCCC1. The van der Waals surface area contributed by atoms with E-state index in [0.717, 1.165) is 19.3 Å². The van der Waals surface area contributed by atoms with Crippen molar-refractivity contribution in [3.63, 3.8) is 0 Å². The molecule has 0 spiro atoms. The maximum atomic E-state index is 11.4. The topological polar surface area (TPSA) is 29.1 Å². The first kappa shape index (κ1) is 10.1. The molecule has 1 amide bonds. The second kappa shape index (κ2) is 5.64. The molecular weight excluding hydrogens is 162 g/mol. The van der Waals surface area contributed by atoms with Gasteiger partial charge in [0.25, 0.3) is 0 Å². The zero-order chi connectivity index (χ0) is 9.52. The quantitative estimate of drug-likeness (QED) is 0.518. The van der Waals surface area contributed by atoms with Crippen LogP contribution < -0.4 is 5.32 Å². The Morgan fingerprint density at radius 3 is 2.77 bits per heavy atom. The van der Waals surface area contributed by atoms with E-state index in [1.807, 2.05) is 6.92 Å². The standard InChI is InChI=1S/C11H17NO/c1-2-3-6-9-12-11(13)10-7-4-5-8-10/h10H,4-9H2,1H3,(H,12,13). The van der Waals surface area contributed by atoms with Crippen LogP contribution in [0.3, 0.4) is 0 Å². The number of carbonyl (C=O) groups is 1. The lowest BCUT2D eigenvalue weighted by Crippen LogP contribution is -2.29. The zero-order valence-electron chi connectivity index (χ0n) is 8.23. The number of nitrogens with one attached hydrogen (secondary N) is 1. The molecule has 0 aromatic carbocycles. The van der Waals surface area contributed by atoms with Crippen molar-refractivity contribution in [2.24, 2.45) is 5.92 Å². The van der Waals surface area contributed by atoms with Crippen molar-refractivity contribution in [2.45, 2.75) is 39.0 Å². The van der Waals surface area contributed by atoms with Crippen LogP contribution in [0.25, 0.3) is 0 Å². The monoisotopic (exact) mass is 179 g/mol. The van der Waals surface area contributed by atoms with Crippen LogP contribution in [-0.4, -0.2) is 12.5 Å². The summed E-state index contributed by atoms with van der Waals surface area (Å²) in [6.07, 6.45) is 5.35. The lowest BCUT2D eigenvalue weighted by atomic mass is 10.1. The Hall–Kier alpha value is -0.970. The van der Waals surface area contributed by atoms with Gasteiger partial charge in [-0.25, -0.2) is 0 Å². The summed E-state index contributed by atoms with van der Waals surface area (Å²) in [5.41, 5.74) is 0. The summed E-state index contributed by atoms with van der Waals surface area (Å²) in [7, 11) is 0. The molecule has 0 bridgehead atoms. The summed E-state index contributed by atoms with van der Waals surface area (Å²) in [6.45, 7) is 2.52. The van der Waals surface area contributed by atoms with E-state index in [9.17, 15) is 4.79 Å². The molecule has 0 saturated heterocycles. The summed E-state index contributed by atoms with van der Waals surface area (Å²) in [5, 5.41) is 2.92. The normalized spacial score (nSPS) is 16.4. The molecule has 1 aliphatic rings. The van der Waals surface area contributed by atoms with E-state index in [1.54, 1.807) is 0 Å². The van der Waals surface area contributed by atoms with Gasteiger partial charge in [-0.05, 0) is 19.8 Å². The highest BCUT2D eigenvalue weighted by molar-refractivity contribution is 5.78.